The number of likely N-dealkylation sites (tertiary alicyclic amines) is 1. The second-order valence-electron chi connectivity index (χ2n) is 6.33. The maximum absolute atomic E-state index is 12.4. The zero-order valence-electron chi connectivity index (χ0n) is 13.2. The Morgan fingerprint density at radius 3 is 2.71 bits per heavy atom. The lowest BCUT2D eigenvalue weighted by molar-refractivity contribution is 0.0934. The van der Waals surface area contributed by atoms with Crippen molar-refractivity contribution in [3.63, 3.8) is 0 Å². The number of likely N-dealkylation sites (N-methyl/N-ethyl adjacent to an activating group) is 1. The van der Waals surface area contributed by atoms with Gasteiger partial charge in [0.1, 0.15) is 5.69 Å². The molecule has 1 amide bonds. The molecule has 1 aliphatic heterocycles. The van der Waals surface area contributed by atoms with E-state index in [2.05, 4.69) is 49.1 Å². The minimum atomic E-state index is 0.00273. The number of H-pyrrole nitrogens is 1. The zero-order valence-corrected chi connectivity index (χ0v) is 13.2. The first kappa shape index (κ1) is 14.1. The van der Waals surface area contributed by atoms with Crippen LogP contribution in [0.3, 0.4) is 0 Å². The number of rotatable bonds is 2. The second kappa shape index (κ2) is 5.19. The smallest absolute Gasteiger partial charge is 0.267 e. The molecule has 112 valence electrons. The second-order valence-corrected chi connectivity index (χ2v) is 6.33. The van der Waals surface area contributed by atoms with Crippen LogP contribution < -0.4 is 5.32 Å². The number of nitrogens with one attached hydrogen (secondary N) is 2. The fourth-order valence-corrected chi connectivity index (χ4v) is 3.21. The summed E-state index contributed by atoms with van der Waals surface area (Å²) in [5.41, 5.74) is 5.43. The molecule has 0 bridgehead atoms. The van der Waals surface area contributed by atoms with E-state index in [0.717, 1.165) is 30.4 Å². The topological polar surface area (TPSA) is 48.1 Å². The Morgan fingerprint density at radius 1 is 1.29 bits per heavy atom. The van der Waals surface area contributed by atoms with Gasteiger partial charge in [0.15, 0.2) is 0 Å². The molecule has 1 fully saturated rings. The first-order valence-corrected chi connectivity index (χ1v) is 7.54. The minimum Gasteiger partial charge on any atom is -0.350 e. The average Bonchev–Trinajstić information content (AvgIpc) is 3.03. The summed E-state index contributed by atoms with van der Waals surface area (Å²) in [5.74, 6) is 0.00273. The van der Waals surface area contributed by atoms with Gasteiger partial charge in [0, 0.05) is 23.5 Å². The summed E-state index contributed by atoms with van der Waals surface area (Å²) < 4.78 is 0. The van der Waals surface area contributed by atoms with Crippen LogP contribution in [0.25, 0.3) is 10.9 Å². The molecule has 2 N–H and O–H groups in total. The van der Waals surface area contributed by atoms with Crippen LogP contribution in [0.1, 0.15) is 33.6 Å². The minimum absolute atomic E-state index is 0.00273. The number of hydrogen-bond acceptors (Lipinski definition) is 2. The third-order valence-corrected chi connectivity index (χ3v) is 4.61. The number of amides is 1. The molecule has 0 radical (unpaired) electrons. The maximum Gasteiger partial charge on any atom is 0.267 e. The van der Waals surface area contributed by atoms with Gasteiger partial charge in [-0.15, -0.1) is 0 Å². The number of fused-ring (bicyclic) bond motifs is 1. The maximum atomic E-state index is 12.4. The third-order valence-electron chi connectivity index (χ3n) is 4.61. The average molecular weight is 285 g/mol. The molecule has 2 aromatic rings. The van der Waals surface area contributed by atoms with E-state index in [4.69, 9.17) is 0 Å². The lowest BCUT2D eigenvalue weighted by Gasteiger charge is -2.11. The fraction of sp³-hybridized carbons (Fsp3) is 0.471. The molecule has 1 aromatic carbocycles. The Morgan fingerprint density at radius 2 is 2.05 bits per heavy atom. The normalized spacial score (nSPS) is 19.3. The molecular formula is C17H23N3O. The molecular weight excluding hydrogens is 262 g/mol. The molecule has 0 saturated carbocycles. The molecule has 0 unspecified atom stereocenters. The molecule has 1 aromatic heterocycles. The standard InChI is InChI=1S/C17H23N3O/c1-10-7-11(2)14-8-15(19-16(14)12(10)3)17(21)18-13-5-6-20(4)9-13/h7-8,13,19H,5-6,9H2,1-4H3,(H,18,21)/t13-/m1/s1. The number of benzene rings is 1. The molecule has 2 heterocycles. The van der Waals surface area contributed by atoms with Gasteiger partial charge < -0.3 is 15.2 Å². The number of nitrogens with zero attached hydrogens (tertiary/aromatic N) is 1. The van der Waals surface area contributed by atoms with Gasteiger partial charge in [-0.1, -0.05) is 6.07 Å². The zero-order chi connectivity index (χ0) is 15.1. The van der Waals surface area contributed by atoms with Crippen molar-refractivity contribution in [3.8, 4) is 0 Å². The number of aromatic amines is 1. The van der Waals surface area contributed by atoms with Crippen LogP contribution >= 0.6 is 0 Å². The van der Waals surface area contributed by atoms with Crippen molar-refractivity contribution in [2.45, 2.75) is 33.2 Å². The molecule has 4 nitrogen and oxygen atoms in total. The molecule has 0 spiro atoms. The highest BCUT2D eigenvalue weighted by molar-refractivity contribution is 6.00. The summed E-state index contributed by atoms with van der Waals surface area (Å²) in [4.78, 5) is 18.0. The van der Waals surface area contributed by atoms with E-state index >= 15 is 0 Å². The number of carbonyl (C=O) groups is 1. The van der Waals surface area contributed by atoms with Crippen LogP contribution in [0.5, 0.6) is 0 Å². The Hall–Kier alpha value is -1.81. The molecule has 0 aliphatic carbocycles. The first-order chi connectivity index (χ1) is 9.95. The Labute approximate surface area is 125 Å². The van der Waals surface area contributed by atoms with Crippen molar-refractivity contribution in [2.24, 2.45) is 0 Å². The largest absolute Gasteiger partial charge is 0.350 e. The molecule has 21 heavy (non-hydrogen) atoms. The predicted octanol–water partition coefficient (Wildman–Crippen LogP) is 2.53. The van der Waals surface area contributed by atoms with Crippen molar-refractivity contribution < 1.29 is 4.79 Å². The van der Waals surface area contributed by atoms with Gasteiger partial charge in [0.25, 0.3) is 5.91 Å². The van der Waals surface area contributed by atoms with E-state index in [1.54, 1.807) is 0 Å². The quantitative estimate of drug-likeness (QED) is 0.891. The number of aryl methyl sites for hydroxylation is 3. The monoisotopic (exact) mass is 285 g/mol. The van der Waals surface area contributed by atoms with Gasteiger partial charge >= 0.3 is 0 Å². The van der Waals surface area contributed by atoms with Crippen molar-refractivity contribution in [2.75, 3.05) is 20.1 Å². The van der Waals surface area contributed by atoms with Gasteiger partial charge in [-0.2, -0.15) is 0 Å². The van der Waals surface area contributed by atoms with Gasteiger partial charge in [-0.3, -0.25) is 4.79 Å². The fourth-order valence-electron chi connectivity index (χ4n) is 3.21. The summed E-state index contributed by atoms with van der Waals surface area (Å²) in [5, 5.41) is 4.27. The SMILES string of the molecule is Cc1cc(C)c2cc(C(=O)N[C@@H]3CCN(C)C3)[nH]c2c1C. The third kappa shape index (κ3) is 2.56. The molecule has 1 atom stereocenters. The van der Waals surface area contributed by atoms with E-state index < -0.39 is 0 Å². The summed E-state index contributed by atoms with van der Waals surface area (Å²) in [6.07, 6.45) is 1.03. The Balaban J connectivity index is 1.89. The van der Waals surface area contributed by atoms with E-state index in [1.807, 2.05) is 6.07 Å². The van der Waals surface area contributed by atoms with Crippen molar-refractivity contribution in [1.29, 1.82) is 0 Å². The first-order valence-electron chi connectivity index (χ1n) is 7.54. The lowest BCUT2D eigenvalue weighted by atomic mass is 10.0. The van der Waals surface area contributed by atoms with Gasteiger partial charge in [0.2, 0.25) is 0 Å². The molecule has 4 heteroatoms. The van der Waals surface area contributed by atoms with Gasteiger partial charge in [-0.25, -0.2) is 0 Å². The number of carbonyl (C=O) groups excluding carboxylic acids is 1. The lowest BCUT2D eigenvalue weighted by Crippen LogP contribution is -2.36. The van der Waals surface area contributed by atoms with Gasteiger partial charge in [0.05, 0.1) is 0 Å². The van der Waals surface area contributed by atoms with E-state index in [-0.39, 0.29) is 11.9 Å². The van der Waals surface area contributed by atoms with Crippen LogP contribution in [-0.2, 0) is 0 Å². The van der Waals surface area contributed by atoms with Crippen LogP contribution in [0.2, 0.25) is 0 Å². The summed E-state index contributed by atoms with van der Waals surface area (Å²) in [6.45, 7) is 8.28. The predicted molar refractivity (Wildman–Crippen MR) is 85.9 cm³/mol. The molecule has 3 rings (SSSR count). The van der Waals surface area contributed by atoms with E-state index in [0.29, 0.717) is 5.69 Å². The number of aromatic nitrogens is 1. The summed E-state index contributed by atoms with van der Waals surface area (Å²) >= 11 is 0. The van der Waals surface area contributed by atoms with Crippen LogP contribution in [0.4, 0.5) is 0 Å². The van der Waals surface area contributed by atoms with Crippen LogP contribution in [0.15, 0.2) is 12.1 Å². The van der Waals surface area contributed by atoms with Gasteiger partial charge in [-0.05, 0) is 63.5 Å². The van der Waals surface area contributed by atoms with Crippen molar-refractivity contribution in [1.82, 2.24) is 15.2 Å². The summed E-state index contributed by atoms with van der Waals surface area (Å²) in [6, 6.07) is 4.42. The Bertz CT molecular complexity index is 702. The highest BCUT2D eigenvalue weighted by Gasteiger charge is 2.22. The summed E-state index contributed by atoms with van der Waals surface area (Å²) in [7, 11) is 2.09. The highest BCUT2D eigenvalue weighted by Crippen LogP contribution is 2.25. The molecule has 1 aliphatic rings. The number of hydrogen-bond donors (Lipinski definition) is 2. The van der Waals surface area contributed by atoms with Crippen LogP contribution in [0, 0.1) is 20.8 Å². The molecule has 1 saturated heterocycles. The van der Waals surface area contributed by atoms with Crippen molar-refractivity contribution >= 4 is 16.8 Å². The highest BCUT2D eigenvalue weighted by atomic mass is 16.2. The van der Waals surface area contributed by atoms with Crippen LogP contribution in [-0.4, -0.2) is 42.0 Å². The Kier molecular flexibility index (Phi) is 3.49. The van der Waals surface area contributed by atoms with E-state index in [9.17, 15) is 4.79 Å². The van der Waals surface area contributed by atoms with E-state index in [1.165, 1.54) is 16.7 Å². The van der Waals surface area contributed by atoms with Crippen molar-refractivity contribution in [3.05, 3.63) is 34.5 Å².